The van der Waals surface area contributed by atoms with Crippen molar-refractivity contribution >= 4 is 23.3 Å². The van der Waals surface area contributed by atoms with Crippen molar-refractivity contribution in [1.82, 2.24) is 4.90 Å². The Balaban J connectivity index is 1.97. The summed E-state index contributed by atoms with van der Waals surface area (Å²) in [6, 6.07) is 16.6. The molecular weight excluding hydrogens is 314 g/mol. The molecule has 0 bridgehead atoms. The monoisotopic (exact) mass is 333 g/mol. The van der Waals surface area contributed by atoms with Gasteiger partial charge in [-0.3, -0.25) is 9.69 Å². The van der Waals surface area contributed by atoms with Crippen molar-refractivity contribution in [2.75, 3.05) is 11.9 Å². The van der Waals surface area contributed by atoms with Crippen molar-refractivity contribution in [3.8, 4) is 0 Å². The van der Waals surface area contributed by atoms with Crippen LogP contribution in [0.1, 0.15) is 30.9 Å². The van der Waals surface area contributed by atoms with E-state index < -0.39 is 5.54 Å². The maximum atomic E-state index is 13.3. The van der Waals surface area contributed by atoms with Gasteiger partial charge in [-0.15, -0.1) is 0 Å². The summed E-state index contributed by atoms with van der Waals surface area (Å²) in [7, 11) is 0. The zero-order chi connectivity index (χ0) is 17.4. The number of urea groups is 1. The third-order valence-electron chi connectivity index (χ3n) is 4.87. The van der Waals surface area contributed by atoms with Gasteiger partial charge in [-0.25, -0.2) is 4.79 Å². The van der Waals surface area contributed by atoms with Crippen LogP contribution in [0.2, 0.25) is 0 Å². The minimum Gasteiger partial charge on any atom is -0.323 e. The summed E-state index contributed by atoms with van der Waals surface area (Å²) in [6.07, 6.45) is 1.75. The molecule has 2 aliphatic heterocycles. The van der Waals surface area contributed by atoms with Gasteiger partial charge in [0.25, 0.3) is 5.91 Å². The number of benzene rings is 2. The lowest BCUT2D eigenvalue weighted by atomic mass is 9.77. The molecule has 0 aliphatic carbocycles. The number of anilines is 1. The Kier molecular flexibility index (Phi) is 3.64. The SMILES string of the molecule is CCCCN1C(=O)N=C2c3ccccc3NC(=O)C21c1ccccc1. The number of carbonyl (C=O) groups excluding carboxylic acids is 2. The van der Waals surface area contributed by atoms with Gasteiger partial charge in [0, 0.05) is 12.1 Å². The van der Waals surface area contributed by atoms with Crippen molar-refractivity contribution in [2.45, 2.75) is 25.3 Å². The fourth-order valence-electron chi connectivity index (χ4n) is 3.69. The molecule has 0 fully saturated rings. The van der Waals surface area contributed by atoms with E-state index in [1.54, 1.807) is 4.90 Å². The third kappa shape index (κ3) is 2.12. The number of nitrogens with zero attached hydrogens (tertiary/aromatic N) is 2. The van der Waals surface area contributed by atoms with Crippen LogP contribution in [0.3, 0.4) is 0 Å². The molecule has 2 aromatic carbocycles. The van der Waals surface area contributed by atoms with Crippen LogP contribution in [0, 0.1) is 0 Å². The molecule has 5 heteroatoms. The quantitative estimate of drug-likeness (QED) is 0.930. The van der Waals surface area contributed by atoms with Crippen LogP contribution in [-0.2, 0) is 10.3 Å². The molecule has 2 aromatic rings. The lowest BCUT2D eigenvalue weighted by Gasteiger charge is -2.41. The first-order valence-corrected chi connectivity index (χ1v) is 8.56. The molecule has 4 rings (SSSR count). The first kappa shape index (κ1) is 15.6. The van der Waals surface area contributed by atoms with Crippen LogP contribution >= 0.6 is 0 Å². The number of unbranched alkanes of at least 4 members (excludes halogenated alkanes) is 1. The largest absolute Gasteiger partial charge is 0.345 e. The second kappa shape index (κ2) is 5.84. The van der Waals surface area contributed by atoms with Gasteiger partial charge in [0.15, 0.2) is 5.54 Å². The predicted octanol–water partition coefficient (Wildman–Crippen LogP) is 3.56. The van der Waals surface area contributed by atoms with Crippen molar-refractivity contribution in [1.29, 1.82) is 0 Å². The Labute approximate surface area is 146 Å². The third-order valence-corrected chi connectivity index (χ3v) is 4.87. The highest BCUT2D eigenvalue weighted by Crippen LogP contribution is 2.43. The summed E-state index contributed by atoms with van der Waals surface area (Å²) in [5.74, 6) is -0.224. The lowest BCUT2D eigenvalue weighted by Crippen LogP contribution is -2.59. The minimum absolute atomic E-state index is 0.224. The first-order valence-electron chi connectivity index (χ1n) is 8.56. The molecule has 3 amide bonds. The number of fused-ring (bicyclic) bond motifs is 3. The molecule has 5 nitrogen and oxygen atoms in total. The molecule has 2 heterocycles. The highest BCUT2D eigenvalue weighted by atomic mass is 16.2. The van der Waals surface area contributed by atoms with Gasteiger partial charge in [0.2, 0.25) is 0 Å². The van der Waals surface area contributed by atoms with Gasteiger partial charge in [-0.2, -0.15) is 4.99 Å². The lowest BCUT2D eigenvalue weighted by molar-refractivity contribution is -0.123. The Hall–Kier alpha value is -2.95. The Bertz CT molecular complexity index is 876. The average Bonchev–Trinajstić information content (AvgIpc) is 2.95. The number of para-hydroxylation sites is 1. The standard InChI is InChI=1S/C20H19N3O2/c1-2-3-13-23-19(25)22-17-15-11-7-8-12-16(15)21-18(24)20(17,23)14-9-5-4-6-10-14/h4-12H,2-3,13H2,1H3,(H,21,24). The topological polar surface area (TPSA) is 61.8 Å². The van der Waals surface area contributed by atoms with Gasteiger partial charge in [-0.05, 0) is 18.1 Å². The summed E-state index contributed by atoms with van der Waals surface area (Å²) in [6.45, 7) is 2.56. The van der Waals surface area contributed by atoms with Gasteiger partial charge in [0.05, 0.1) is 11.4 Å². The molecule has 126 valence electrons. The molecule has 25 heavy (non-hydrogen) atoms. The summed E-state index contributed by atoms with van der Waals surface area (Å²) >= 11 is 0. The number of aliphatic imine (C=N–C) groups is 1. The number of hydrogen-bond acceptors (Lipinski definition) is 2. The maximum absolute atomic E-state index is 13.3. The van der Waals surface area contributed by atoms with E-state index in [1.165, 1.54) is 0 Å². The van der Waals surface area contributed by atoms with Crippen molar-refractivity contribution in [3.63, 3.8) is 0 Å². The van der Waals surface area contributed by atoms with Gasteiger partial charge in [0.1, 0.15) is 0 Å². The molecule has 0 radical (unpaired) electrons. The van der Waals surface area contributed by atoms with E-state index in [0.29, 0.717) is 17.9 Å². The molecule has 0 saturated carbocycles. The number of carbonyl (C=O) groups is 2. The van der Waals surface area contributed by atoms with Gasteiger partial charge < -0.3 is 5.32 Å². The van der Waals surface area contributed by atoms with E-state index in [2.05, 4.69) is 17.2 Å². The fourth-order valence-corrected chi connectivity index (χ4v) is 3.69. The zero-order valence-corrected chi connectivity index (χ0v) is 14.0. The van der Waals surface area contributed by atoms with Crippen LogP contribution in [0.5, 0.6) is 0 Å². The molecule has 0 saturated heterocycles. The number of amides is 3. The fraction of sp³-hybridized carbons (Fsp3) is 0.250. The Morgan fingerprint density at radius 2 is 1.76 bits per heavy atom. The van der Waals surface area contributed by atoms with Crippen LogP contribution in [-0.4, -0.2) is 29.1 Å². The number of hydrogen-bond donors (Lipinski definition) is 1. The second-order valence-corrected chi connectivity index (χ2v) is 6.32. The first-order chi connectivity index (χ1) is 12.2. The minimum atomic E-state index is -1.19. The van der Waals surface area contributed by atoms with Crippen LogP contribution in [0.25, 0.3) is 0 Å². The summed E-state index contributed by atoms with van der Waals surface area (Å²) < 4.78 is 0. The van der Waals surface area contributed by atoms with E-state index in [9.17, 15) is 9.59 Å². The van der Waals surface area contributed by atoms with Crippen molar-refractivity contribution < 1.29 is 9.59 Å². The molecule has 1 N–H and O–H groups in total. The predicted molar refractivity (Wildman–Crippen MR) is 96.7 cm³/mol. The zero-order valence-electron chi connectivity index (χ0n) is 14.0. The van der Waals surface area contributed by atoms with E-state index in [0.717, 1.165) is 24.0 Å². The molecule has 1 unspecified atom stereocenters. The Morgan fingerprint density at radius 3 is 2.52 bits per heavy atom. The molecule has 2 aliphatic rings. The van der Waals surface area contributed by atoms with Crippen molar-refractivity contribution in [2.24, 2.45) is 4.99 Å². The Morgan fingerprint density at radius 1 is 1.04 bits per heavy atom. The van der Waals surface area contributed by atoms with Crippen LogP contribution in [0.15, 0.2) is 59.6 Å². The summed E-state index contributed by atoms with van der Waals surface area (Å²) in [5.41, 5.74) is 1.60. The molecular formula is C20H19N3O2. The number of rotatable bonds is 4. The normalized spacial score (nSPS) is 21.5. The molecule has 1 atom stereocenters. The van der Waals surface area contributed by atoms with Crippen LogP contribution < -0.4 is 5.32 Å². The number of nitrogens with one attached hydrogen (secondary N) is 1. The van der Waals surface area contributed by atoms with E-state index >= 15 is 0 Å². The average molecular weight is 333 g/mol. The highest BCUT2D eigenvalue weighted by molar-refractivity contribution is 6.34. The second-order valence-electron chi connectivity index (χ2n) is 6.32. The summed E-state index contributed by atoms with van der Waals surface area (Å²) in [5, 5.41) is 2.98. The van der Waals surface area contributed by atoms with Crippen molar-refractivity contribution in [3.05, 3.63) is 65.7 Å². The van der Waals surface area contributed by atoms with E-state index in [-0.39, 0.29) is 11.9 Å². The summed E-state index contributed by atoms with van der Waals surface area (Å²) in [4.78, 5) is 32.0. The smallest absolute Gasteiger partial charge is 0.323 e. The van der Waals surface area contributed by atoms with E-state index in [4.69, 9.17) is 0 Å². The molecule has 0 aromatic heterocycles. The van der Waals surface area contributed by atoms with Crippen LogP contribution in [0.4, 0.5) is 10.5 Å². The molecule has 0 spiro atoms. The maximum Gasteiger partial charge on any atom is 0.345 e. The van der Waals surface area contributed by atoms with Gasteiger partial charge in [-0.1, -0.05) is 61.9 Å². The highest BCUT2D eigenvalue weighted by Gasteiger charge is 2.58. The van der Waals surface area contributed by atoms with Gasteiger partial charge >= 0.3 is 6.03 Å². The van der Waals surface area contributed by atoms with E-state index in [1.807, 2.05) is 54.6 Å².